The van der Waals surface area contributed by atoms with Crippen LogP contribution in [0.15, 0.2) is 37.9 Å². The van der Waals surface area contributed by atoms with Gasteiger partial charge in [0.2, 0.25) is 0 Å². The molecule has 0 aliphatic heterocycles. The number of nitrogens with one attached hydrogen (secondary N) is 3. The first-order valence-corrected chi connectivity index (χ1v) is 8.14. The lowest BCUT2D eigenvalue weighted by Gasteiger charge is -2.07. The van der Waals surface area contributed by atoms with Crippen molar-refractivity contribution < 1.29 is 4.79 Å². The Kier molecular flexibility index (Phi) is 6.18. The van der Waals surface area contributed by atoms with Crippen molar-refractivity contribution >= 4 is 47.1 Å². The molecule has 1 aromatic heterocycles. The van der Waals surface area contributed by atoms with Crippen molar-refractivity contribution in [3.63, 3.8) is 0 Å². The van der Waals surface area contributed by atoms with Crippen molar-refractivity contribution in [3.8, 4) is 0 Å². The summed E-state index contributed by atoms with van der Waals surface area (Å²) in [5, 5.41) is 9.60. The summed E-state index contributed by atoms with van der Waals surface area (Å²) >= 11 is 12.6. The molecule has 0 bridgehead atoms. The number of carbonyl (C=O) groups is 1. The first kappa shape index (κ1) is 18.2. The van der Waals surface area contributed by atoms with Gasteiger partial charge in [-0.1, -0.05) is 41.0 Å². The van der Waals surface area contributed by atoms with Gasteiger partial charge in [-0.25, -0.2) is 15.3 Å². The number of rotatable bonds is 5. The highest BCUT2D eigenvalue weighted by atomic mass is 35.5. The van der Waals surface area contributed by atoms with E-state index in [0.29, 0.717) is 15.6 Å². The Morgan fingerprint density at radius 3 is 2.79 bits per heavy atom. The normalized spacial score (nSPS) is 12.3. The molecule has 3 N–H and O–H groups in total. The van der Waals surface area contributed by atoms with Crippen molar-refractivity contribution in [1.82, 2.24) is 20.6 Å². The molecule has 0 spiro atoms. The average molecular weight is 388 g/mol. The van der Waals surface area contributed by atoms with E-state index in [1.54, 1.807) is 25.1 Å². The molecule has 0 saturated heterocycles. The van der Waals surface area contributed by atoms with Crippen LogP contribution in [0.3, 0.4) is 0 Å². The Balaban J connectivity index is 1.96. The second-order valence-corrected chi connectivity index (χ2v) is 6.62. The fourth-order valence-electron chi connectivity index (χ4n) is 1.49. The second kappa shape index (κ2) is 8.13. The third-order valence-electron chi connectivity index (χ3n) is 2.67. The number of hydrazone groups is 1. The fraction of sp³-hybridized carbons (Fsp3) is 0.154. The molecule has 1 atom stereocenters. The lowest BCUT2D eigenvalue weighted by atomic mass is 10.2. The van der Waals surface area contributed by atoms with E-state index in [0.717, 1.165) is 11.8 Å². The van der Waals surface area contributed by atoms with Crippen LogP contribution in [0.4, 0.5) is 0 Å². The molecule has 0 radical (unpaired) electrons. The maximum absolute atomic E-state index is 11.9. The third kappa shape index (κ3) is 4.95. The first-order chi connectivity index (χ1) is 11.4. The van der Waals surface area contributed by atoms with Gasteiger partial charge in [0.05, 0.1) is 21.5 Å². The topological polar surface area (TPSA) is 120 Å². The molecule has 2 rings (SSSR count). The zero-order valence-corrected chi connectivity index (χ0v) is 14.5. The average Bonchev–Trinajstić information content (AvgIpc) is 2.53. The minimum atomic E-state index is -0.715. The Morgan fingerprint density at radius 1 is 1.38 bits per heavy atom. The summed E-state index contributed by atoms with van der Waals surface area (Å²) in [5.41, 5.74) is 1.61. The number of aromatic nitrogens is 3. The monoisotopic (exact) mass is 387 g/mol. The van der Waals surface area contributed by atoms with Crippen LogP contribution in [0.2, 0.25) is 10.0 Å². The molecule has 8 nitrogen and oxygen atoms in total. The quantitative estimate of drug-likeness (QED) is 0.406. The van der Waals surface area contributed by atoms with Gasteiger partial charge < -0.3 is 0 Å². The molecule has 1 heterocycles. The van der Waals surface area contributed by atoms with Crippen LogP contribution >= 0.6 is 35.0 Å². The van der Waals surface area contributed by atoms with Gasteiger partial charge >= 0.3 is 5.69 Å². The zero-order valence-electron chi connectivity index (χ0n) is 12.2. The molecule has 0 aliphatic rings. The molecular formula is C13H11Cl2N5O3S. The second-order valence-electron chi connectivity index (χ2n) is 4.48. The number of carbonyl (C=O) groups excluding carboxylic acids is 1. The minimum Gasteiger partial charge on any atom is -0.272 e. The van der Waals surface area contributed by atoms with Gasteiger partial charge in [0, 0.05) is 0 Å². The number of hydrogen-bond acceptors (Lipinski definition) is 6. The largest absolute Gasteiger partial charge is 0.342 e. The van der Waals surface area contributed by atoms with Crippen LogP contribution in [0.25, 0.3) is 0 Å². The Hall–Kier alpha value is -2.10. The third-order valence-corrected chi connectivity index (χ3v) is 4.48. The number of benzene rings is 1. The SMILES string of the molecule is CC(Sc1n[nH]c(=O)[nH]c1=O)C(=O)N/N=C/c1ccc(Cl)c(Cl)c1. The van der Waals surface area contributed by atoms with E-state index >= 15 is 0 Å². The molecule has 1 amide bonds. The maximum Gasteiger partial charge on any atom is 0.342 e. The summed E-state index contributed by atoms with van der Waals surface area (Å²) in [6.07, 6.45) is 1.41. The number of hydrogen-bond donors (Lipinski definition) is 3. The van der Waals surface area contributed by atoms with Gasteiger partial charge in [0.1, 0.15) is 0 Å². The van der Waals surface area contributed by atoms with Crippen LogP contribution in [-0.4, -0.2) is 32.6 Å². The number of amides is 1. The predicted molar refractivity (Wildman–Crippen MR) is 93.0 cm³/mol. The molecule has 1 aromatic carbocycles. The molecule has 0 fully saturated rings. The fourth-order valence-corrected chi connectivity index (χ4v) is 2.55. The van der Waals surface area contributed by atoms with E-state index in [-0.39, 0.29) is 5.03 Å². The van der Waals surface area contributed by atoms with Gasteiger partial charge in [-0.3, -0.25) is 14.6 Å². The maximum atomic E-state index is 11.9. The molecule has 0 aliphatic carbocycles. The van der Waals surface area contributed by atoms with Crippen LogP contribution in [0.5, 0.6) is 0 Å². The number of thioether (sulfide) groups is 1. The van der Waals surface area contributed by atoms with Gasteiger partial charge in [0.25, 0.3) is 11.5 Å². The van der Waals surface area contributed by atoms with Crippen molar-refractivity contribution in [2.45, 2.75) is 17.2 Å². The van der Waals surface area contributed by atoms with Crippen LogP contribution in [0.1, 0.15) is 12.5 Å². The first-order valence-electron chi connectivity index (χ1n) is 6.50. The standard InChI is InChI=1S/C13H11Cl2N5O3S/c1-6(24-12-11(22)17-13(23)20-19-12)10(21)18-16-5-7-2-3-8(14)9(15)4-7/h2-6H,1H3,(H,18,21)(H2,17,20,22,23)/b16-5+. The lowest BCUT2D eigenvalue weighted by Crippen LogP contribution is -2.30. The molecule has 24 heavy (non-hydrogen) atoms. The Bertz CT molecular complexity index is 896. The highest BCUT2D eigenvalue weighted by molar-refractivity contribution is 8.00. The summed E-state index contributed by atoms with van der Waals surface area (Å²) < 4.78 is 0. The molecule has 1 unspecified atom stereocenters. The molecule has 0 saturated carbocycles. The van der Waals surface area contributed by atoms with E-state index in [1.165, 1.54) is 6.21 Å². The van der Waals surface area contributed by atoms with E-state index in [4.69, 9.17) is 23.2 Å². The minimum absolute atomic E-state index is 0.0225. The Labute approximate surface area is 149 Å². The Morgan fingerprint density at radius 2 is 2.12 bits per heavy atom. The van der Waals surface area contributed by atoms with E-state index in [9.17, 15) is 14.4 Å². The summed E-state index contributed by atoms with van der Waals surface area (Å²) in [6, 6.07) is 4.90. The molecule has 126 valence electrons. The summed E-state index contributed by atoms with van der Waals surface area (Å²) in [6.45, 7) is 1.57. The predicted octanol–water partition coefficient (Wildman–Crippen LogP) is 1.40. The van der Waals surface area contributed by atoms with Gasteiger partial charge in [-0.05, 0) is 24.6 Å². The van der Waals surface area contributed by atoms with Crippen molar-refractivity contribution in [3.05, 3.63) is 54.6 Å². The van der Waals surface area contributed by atoms with Crippen LogP contribution in [0, 0.1) is 0 Å². The molecular weight excluding hydrogens is 377 g/mol. The zero-order chi connectivity index (χ0) is 17.7. The van der Waals surface area contributed by atoms with Gasteiger partial charge in [-0.2, -0.15) is 10.2 Å². The van der Waals surface area contributed by atoms with Gasteiger partial charge in [0.15, 0.2) is 5.03 Å². The highest BCUT2D eigenvalue weighted by Gasteiger charge is 2.16. The summed E-state index contributed by atoms with van der Waals surface area (Å²) in [4.78, 5) is 36.4. The van der Waals surface area contributed by atoms with E-state index < -0.39 is 22.4 Å². The number of halogens is 2. The van der Waals surface area contributed by atoms with Crippen molar-refractivity contribution in [1.29, 1.82) is 0 Å². The van der Waals surface area contributed by atoms with E-state index in [2.05, 4.69) is 20.7 Å². The number of nitrogens with zero attached hydrogens (tertiary/aromatic N) is 2. The number of aromatic amines is 2. The molecule has 2 aromatic rings. The van der Waals surface area contributed by atoms with Crippen LogP contribution < -0.4 is 16.7 Å². The molecule has 11 heteroatoms. The lowest BCUT2D eigenvalue weighted by molar-refractivity contribution is -0.120. The van der Waals surface area contributed by atoms with Crippen molar-refractivity contribution in [2.24, 2.45) is 5.10 Å². The summed E-state index contributed by atoms with van der Waals surface area (Å²) in [7, 11) is 0. The summed E-state index contributed by atoms with van der Waals surface area (Å²) in [5.74, 6) is -0.441. The van der Waals surface area contributed by atoms with E-state index in [1.807, 2.05) is 4.98 Å². The number of H-pyrrole nitrogens is 2. The van der Waals surface area contributed by atoms with Crippen LogP contribution in [-0.2, 0) is 4.79 Å². The highest BCUT2D eigenvalue weighted by Crippen LogP contribution is 2.21. The van der Waals surface area contributed by atoms with Gasteiger partial charge in [-0.15, -0.1) is 0 Å². The van der Waals surface area contributed by atoms with Crippen molar-refractivity contribution in [2.75, 3.05) is 0 Å². The smallest absolute Gasteiger partial charge is 0.272 e.